The van der Waals surface area contributed by atoms with E-state index >= 15 is 0 Å². The lowest BCUT2D eigenvalue weighted by Crippen LogP contribution is -2.24. The highest BCUT2D eigenvalue weighted by molar-refractivity contribution is 9.10. The van der Waals surface area contributed by atoms with E-state index in [9.17, 15) is 4.79 Å². The van der Waals surface area contributed by atoms with Crippen LogP contribution in [0.4, 0.5) is 5.69 Å². The lowest BCUT2D eigenvalue weighted by atomic mass is 10.1. The van der Waals surface area contributed by atoms with Gasteiger partial charge in [-0.25, -0.2) is 4.68 Å². The number of rotatable bonds is 5. The highest BCUT2D eigenvalue weighted by Gasteiger charge is 2.14. The molecule has 1 N–H and O–H groups in total. The van der Waals surface area contributed by atoms with Crippen LogP contribution in [0.3, 0.4) is 0 Å². The first-order valence-electron chi connectivity index (χ1n) is 7.03. The molecule has 0 radical (unpaired) electrons. The molecule has 0 amide bonds. The molecule has 0 aliphatic rings. The Kier molecular flexibility index (Phi) is 5.22. The Bertz CT molecular complexity index is 693. The summed E-state index contributed by atoms with van der Waals surface area (Å²) in [5.41, 5.74) is 1.91. The molecule has 2 rings (SSSR count). The molecule has 6 heteroatoms. The fraction of sp³-hybridized carbons (Fsp3) is 0.467. The first-order valence-corrected chi connectivity index (χ1v) is 8.64. The van der Waals surface area contributed by atoms with E-state index in [-0.39, 0.29) is 11.6 Å². The molecule has 1 unspecified atom stereocenters. The maximum atomic E-state index is 12.2. The Morgan fingerprint density at radius 1 is 1.48 bits per heavy atom. The first kappa shape index (κ1) is 16.2. The van der Waals surface area contributed by atoms with Crippen molar-refractivity contribution in [2.24, 2.45) is 0 Å². The highest BCUT2D eigenvalue weighted by atomic mass is 79.9. The molecule has 2 heterocycles. The molecule has 0 aliphatic heterocycles. The minimum atomic E-state index is -0.0905. The molecule has 4 nitrogen and oxygen atoms in total. The van der Waals surface area contributed by atoms with Gasteiger partial charge in [0.2, 0.25) is 0 Å². The third-order valence-corrected chi connectivity index (χ3v) is 5.09. The molecule has 2 aromatic heterocycles. The summed E-state index contributed by atoms with van der Waals surface area (Å²) in [5.74, 6) is 0. The average Bonchev–Trinajstić information content (AvgIpc) is 2.77. The van der Waals surface area contributed by atoms with Gasteiger partial charge in [0.1, 0.15) is 4.47 Å². The number of hydrogen-bond donors (Lipinski definition) is 1. The van der Waals surface area contributed by atoms with E-state index in [1.54, 1.807) is 17.5 Å². The first-order chi connectivity index (χ1) is 9.93. The van der Waals surface area contributed by atoms with Gasteiger partial charge in [-0.15, -0.1) is 11.3 Å². The summed E-state index contributed by atoms with van der Waals surface area (Å²) < 4.78 is 2.03. The Morgan fingerprint density at radius 2 is 2.19 bits per heavy atom. The molecule has 2 aromatic rings. The Morgan fingerprint density at radius 3 is 2.76 bits per heavy atom. The fourth-order valence-electron chi connectivity index (χ4n) is 2.33. The zero-order chi connectivity index (χ0) is 15.6. The standard InChI is InChI=1S/C15H20BrN3OS/c1-5-6-19-15(20)14(16)13(8-17-19)18-10(3)12-7-9(2)21-11(12)4/h7-8,10,18H,5-6H2,1-4H3. The van der Waals surface area contributed by atoms with Gasteiger partial charge in [-0.05, 0) is 54.8 Å². The van der Waals surface area contributed by atoms with Crippen molar-refractivity contribution in [2.45, 2.75) is 46.7 Å². The van der Waals surface area contributed by atoms with Crippen LogP contribution in [0.5, 0.6) is 0 Å². The van der Waals surface area contributed by atoms with Crippen LogP contribution in [0.1, 0.15) is 41.6 Å². The highest BCUT2D eigenvalue weighted by Crippen LogP contribution is 2.29. The van der Waals surface area contributed by atoms with Crippen LogP contribution in [-0.4, -0.2) is 9.78 Å². The molecule has 1 atom stereocenters. The topological polar surface area (TPSA) is 46.9 Å². The van der Waals surface area contributed by atoms with Crippen LogP contribution in [0.15, 0.2) is 21.5 Å². The second-order valence-electron chi connectivity index (χ2n) is 5.14. The van der Waals surface area contributed by atoms with Crippen LogP contribution in [0.2, 0.25) is 0 Å². The van der Waals surface area contributed by atoms with E-state index in [2.05, 4.69) is 53.2 Å². The third kappa shape index (κ3) is 3.55. The number of aryl methyl sites for hydroxylation is 3. The van der Waals surface area contributed by atoms with Crippen molar-refractivity contribution in [2.75, 3.05) is 5.32 Å². The third-order valence-electron chi connectivity index (χ3n) is 3.34. The molecule has 0 saturated carbocycles. The Hall–Kier alpha value is -1.14. The van der Waals surface area contributed by atoms with Crippen molar-refractivity contribution in [3.05, 3.63) is 42.4 Å². The van der Waals surface area contributed by atoms with Gasteiger partial charge in [0.05, 0.1) is 11.9 Å². The summed E-state index contributed by atoms with van der Waals surface area (Å²) in [6, 6.07) is 2.33. The monoisotopic (exact) mass is 369 g/mol. The normalized spacial score (nSPS) is 12.4. The van der Waals surface area contributed by atoms with Crippen LogP contribution in [-0.2, 0) is 6.54 Å². The van der Waals surface area contributed by atoms with Crippen molar-refractivity contribution in [1.82, 2.24) is 9.78 Å². The molecular weight excluding hydrogens is 350 g/mol. The molecule has 21 heavy (non-hydrogen) atoms. The second kappa shape index (κ2) is 6.75. The largest absolute Gasteiger partial charge is 0.376 e. The predicted molar refractivity (Wildman–Crippen MR) is 92.3 cm³/mol. The van der Waals surface area contributed by atoms with Gasteiger partial charge in [0.15, 0.2) is 0 Å². The second-order valence-corrected chi connectivity index (χ2v) is 7.39. The number of hydrogen-bond acceptors (Lipinski definition) is 4. The van der Waals surface area contributed by atoms with Gasteiger partial charge in [-0.2, -0.15) is 5.10 Å². The van der Waals surface area contributed by atoms with Crippen molar-refractivity contribution in [3.8, 4) is 0 Å². The van der Waals surface area contributed by atoms with Crippen molar-refractivity contribution in [3.63, 3.8) is 0 Å². The summed E-state index contributed by atoms with van der Waals surface area (Å²) in [5, 5.41) is 7.59. The molecule has 0 aromatic carbocycles. The number of halogens is 1. The van der Waals surface area contributed by atoms with Crippen LogP contribution in [0, 0.1) is 13.8 Å². The molecule has 0 bridgehead atoms. The van der Waals surface area contributed by atoms with Crippen LogP contribution < -0.4 is 10.9 Å². The van der Waals surface area contributed by atoms with Gasteiger partial charge in [0.25, 0.3) is 5.56 Å². The number of aromatic nitrogens is 2. The molecular formula is C15H20BrN3OS. The predicted octanol–water partition coefficient (Wildman–Crippen LogP) is 4.27. The lowest BCUT2D eigenvalue weighted by Gasteiger charge is -2.16. The summed E-state index contributed by atoms with van der Waals surface area (Å²) in [4.78, 5) is 14.8. The van der Waals surface area contributed by atoms with Gasteiger partial charge in [-0.1, -0.05) is 6.92 Å². The van der Waals surface area contributed by atoms with Crippen molar-refractivity contribution < 1.29 is 0 Å². The zero-order valence-electron chi connectivity index (χ0n) is 12.7. The average molecular weight is 370 g/mol. The van der Waals surface area contributed by atoms with E-state index in [1.807, 2.05) is 6.92 Å². The molecule has 114 valence electrons. The Balaban J connectivity index is 2.26. The van der Waals surface area contributed by atoms with E-state index in [0.29, 0.717) is 11.0 Å². The van der Waals surface area contributed by atoms with E-state index < -0.39 is 0 Å². The number of anilines is 1. The molecule has 0 fully saturated rings. The summed E-state index contributed by atoms with van der Waals surface area (Å²) in [6.07, 6.45) is 2.60. The lowest BCUT2D eigenvalue weighted by molar-refractivity contribution is 0.565. The SMILES string of the molecule is CCCn1ncc(NC(C)c2cc(C)sc2C)c(Br)c1=O. The fourth-order valence-corrected chi connectivity index (χ4v) is 3.77. The van der Waals surface area contributed by atoms with Crippen molar-refractivity contribution >= 4 is 33.0 Å². The number of nitrogens with one attached hydrogen (secondary N) is 1. The van der Waals surface area contributed by atoms with Crippen molar-refractivity contribution in [1.29, 1.82) is 0 Å². The summed E-state index contributed by atoms with van der Waals surface area (Å²) in [6.45, 7) is 8.99. The number of thiophene rings is 1. The smallest absolute Gasteiger partial charge is 0.283 e. The zero-order valence-corrected chi connectivity index (χ0v) is 15.1. The maximum absolute atomic E-state index is 12.2. The van der Waals surface area contributed by atoms with E-state index in [0.717, 1.165) is 12.1 Å². The molecule has 0 spiro atoms. The van der Waals surface area contributed by atoms with Gasteiger partial charge >= 0.3 is 0 Å². The molecule has 0 aliphatic carbocycles. The number of nitrogens with zero attached hydrogens (tertiary/aromatic N) is 2. The van der Waals surface area contributed by atoms with Gasteiger partial charge < -0.3 is 5.32 Å². The van der Waals surface area contributed by atoms with Crippen LogP contribution >= 0.6 is 27.3 Å². The summed E-state index contributed by atoms with van der Waals surface area (Å²) >= 11 is 5.18. The van der Waals surface area contributed by atoms with E-state index in [1.165, 1.54) is 20.0 Å². The minimum absolute atomic E-state index is 0.0905. The molecule has 0 saturated heterocycles. The van der Waals surface area contributed by atoms with Crippen LogP contribution in [0.25, 0.3) is 0 Å². The quantitative estimate of drug-likeness (QED) is 0.855. The van der Waals surface area contributed by atoms with Gasteiger partial charge in [0, 0.05) is 22.3 Å². The summed E-state index contributed by atoms with van der Waals surface area (Å²) in [7, 11) is 0. The maximum Gasteiger partial charge on any atom is 0.283 e. The van der Waals surface area contributed by atoms with E-state index in [4.69, 9.17) is 0 Å². The Labute approximate surface area is 137 Å². The minimum Gasteiger partial charge on any atom is -0.376 e. The van der Waals surface area contributed by atoms with Gasteiger partial charge in [-0.3, -0.25) is 4.79 Å².